The van der Waals surface area contributed by atoms with Gasteiger partial charge in [0, 0.05) is 28.8 Å². The number of rotatable bonds is 3. The molecule has 0 bridgehead atoms. The molecule has 1 aromatic heterocycles. The molecule has 0 atom stereocenters. The van der Waals surface area contributed by atoms with Gasteiger partial charge in [-0.3, -0.25) is 4.98 Å². The molecular weight excluding hydrogens is 354 g/mol. The smallest absolute Gasteiger partial charge is 0.343 e. The van der Waals surface area contributed by atoms with Gasteiger partial charge in [-0.2, -0.15) is 0 Å². The molecule has 0 aliphatic rings. The summed E-state index contributed by atoms with van der Waals surface area (Å²) in [6.07, 6.45) is 0.923. The lowest BCUT2D eigenvalue weighted by atomic mass is 9.99. The van der Waals surface area contributed by atoms with Crippen LogP contribution in [0, 0.1) is 23.3 Å². The van der Waals surface area contributed by atoms with Crippen LogP contribution < -0.4 is 0 Å². The van der Waals surface area contributed by atoms with Crippen molar-refractivity contribution >= 4 is 16.9 Å². The number of carbonyl (C=O) groups is 1. The second-order valence-electron chi connectivity index (χ2n) is 5.31. The van der Waals surface area contributed by atoms with E-state index in [-0.39, 0.29) is 23.1 Å². The number of benzene rings is 2. The van der Waals surface area contributed by atoms with Gasteiger partial charge in [0.2, 0.25) is 0 Å². The third kappa shape index (κ3) is 2.83. The second-order valence-corrected chi connectivity index (χ2v) is 5.31. The molecule has 0 spiro atoms. The van der Waals surface area contributed by atoms with Crippen LogP contribution in [0.2, 0.25) is 0 Å². The number of esters is 1. The van der Waals surface area contributed by atoms with E-state index in [4.69, 9.17) is 4.74 Å². The van der Waals surface area contributed by atoms with Crippen molar-refractivity contribution in [2.45, 2.75) is 6.92 Å². The fourth-order valence-corrected chi connectivity index (χ4v) is 2.58. The van der Waals surface area contributed by atoms with Gasteiger partial charge < -0.3 is 9.84 Å². The summed E-state index contributed by atoms with van der Waals surface area (Å²) in [4.78, 5) is 15.7. The van der Waals surface area contributed by atoms with E-state index in [9.17, 15) is 27.5 Å². The van der Waals surface area contributed by atoms with E-state index in [0.717, 1.165) is 18.3 Å². The Morgan fingerprint density at radius 1 is 1.15 bits per heavy atom. The molecule has 0 amide bonds. The minimum absolute atomic E-state index is 0.0543. The molecule has 0 aliphatic heterocycles. The van der Waals surface area contributed by atoms with Crippen molar-refractivity contribution in [1.82, 2.24) is 4.98 Å². The van der Waals surface area contributed by atoms with E-state index in [1.54, 1.807) is 6.92 Å². The van der Waals surface area contributed by atoms with Gasteiger partial charge in [-0.15, -0.1) is 0 Å². The second kappa shape index (κ2) is 6.62. The lowest BCUT2D eigenvalue weighted by molar-refractivity contribution is 0.0523. The fraction of sp³-hybridized carbons (Fsp3) is 0.111. The first-order valence-corrected chi connectivity index (χ1v) is 7.47. The third-order valence-electron chi connectivity index (χ3n) is 3.72. The molecule has 0 unspecified atom stereocenters. The topological polar surface area (TPSA) is 59.4 Å². The van der Waals surface area contributed by atoms with Crippen molar-refractivity contribution in [2.24, 2.45) is 0 Å². The van der Waals surface area contributed by atoms with Crippen LogP contribution in [0.1, 0.15) is 17.3 Å². The summed E-state index contributed by atoms with van der Waals surface area (Å²) < 4.78 is 60.2. The van der Waals surface area contributed by atoms with E-state index in [2.05, 4.69) is 4.98 Å². The summed E-state index contributed by atoms with van der Waals surface area (Å²) in [5, 5.41) is 10.2. The molecular formula is C18H11F4NO3. The highest BCUT2D eigenvalue weighted by atomic mass is 19.2. The monoisotopic (exact) mass is 365 g/mol. The molecule has 4 nitrogen and oxygen atoms in total. The van der Waals surface area contributed by atoms with Crippen molar-refractivity contribution in [3.05, 3.63) is 59.3 Å². The minimum atomic E-state index is -1.50. The van der Waals surface area contributed by atoms with Crippen LogP contribution in [0.5, 0.6) is 5.75 Å². The molecule has 0 fully saturated rings. The van der Waals surface area contributed by atoms with Gasteiger partial charge in [-0.1, -0.05) is 0 Å². The van der Waals surface area contributed by atoms with Crippen LogP contribution in [0.25, 0.3) is 22.0 Å². The number of pyridine rings is 1. The van der Waals surface area contributed by atoms with E-state index >= 15 is 0 Å². The zero-order valence-corrected chi connectivity index (χ0v) is 13.3. The van der Waals surface area contributed by atoms with Crippen molar-refractivity contribution in [3.8, 4) is 16.9 Å². The largest absolute Gasteiger partial charge is 0.506 e. The highest BCUT2D eigenvalue weighted by Gasteiger charge is 2.23. The van der Waals surface area contributed by atoms with Crippen molar-refractivity contribution in [1.29, 1.82) is 0 Å². The minimum Gasteiger partial charge on any atom is -0.506 e. The van der Waals surface area contributed by atoms with Gasteiger partial charge in [0.25, 0.3) is 0 Å². The molecule has 0 radical (unpaired) electrons. The zero-order chi connectivity index (χ0) is 19.0. The Bertz CT molecular complexity index is 1040. The number of nitrogens with zero attached hydrogens (tertiary/aromatic N) is 1. The normalized spacial score (nSPS) is 11.0. The van der Waals surface area contributed by atoms with Crippen LogP contribution in [0.15, 0.2) is 30.5 Å². The number of halogens is 4. The summed E-state index contributed by atoms with van der Waals surface area (Å²) in [6, 6.07) is 2.93. The van der Waals surface area contributed by atoms with Gasteiger partial charge in [0.05, 0.1) is 12.1 Å². The van der Waals surface area contributed by atoms with Gasteiger partial charge >= 0.3 is 5.97 Å². The van der Waals surface area contributed by atoms with E-state index in [0.29, 0.717) is 12.1 Å². The maximum absolute atomic E-state index is 14.3. The Morgan fingerprint density at radius 3 is 2.58 bits per heavy atom. The molecule has 0 saturated heterocycles. The number of hydrogen-bond acceptors (Lipinski definition) is 4. The van der Waals surface area contributed by atoms with Crippen LogP contribution in [-0.4, -0.2) is 22.7 Å². The highest BCUT2D eigenvalue weighted by molar-refractivity contribution is 6.03. The summed E-state index contributed by atoms with van der Waals surface area (Å²) in [5.74, 6) is -6.49. The van der Waals surface area contributed by atoms with E-state index in [1.807, 2.05) is 0 Å². The average Bonchev–Trinajstić information content (AvgIpc) is 2.59. The van der Waals surface area contributed by atoms with Crippen LogP contribution in [0.4, 0.5) is 17.6 Å². The van der Waals surface area contributed by atoms with Gasteiger partial charge in [-0.25, -0.2) is 22.4 Å². The van der Waals surface area contributed by atoms with E-state index in [1.165, 1.54) is 0 Å². The number of aromatic nitrogens is 1. The molecule has 8 heteroatoms. The van der Waals surface area contributed by atoms with Crippen molar-refractivity contribution in [2.75, 3.05) is 6.61 Å². The molecule has 1 heterocycles. The number of fused-ring (bicyclic) bond motifs is 1. The predicted molar refractivity (Wildman–Crippen MR) is 84.6 cm³/mol. The predicted octanol–water partition coefficient (Wildman–Crippen LogP) is 4.34. The highest BCUT2D eigenvalue weighted by Crippen LogP contribution is 2.37. The summed E-state index contributed by atoms with van der Waals surface area (Å²) in [6.45, 7) is 1.62. The third-order valence-corrected chi connectivity index (χ3v) is 3.72. The van der Waals surface area contributed by atoms with E-state index < -0.39 is 46.1 Å². The van der Waals surface area contributed by atoms with Crippen molar-refractivity contribution < 1.29 is 32.2 Å². The maximum atomic E-state index is 14.3. The molecule has 0 saturated carbocycles. The maximum Gasteiger partial charge on any atom is 0.343 e. The lowest BCUT2D eigenvalue weighted by Crippen LogP contribution is -2.06. The fourth-order valence-electron chi connectivity index (χ4n) is 2.58. The number of ether oxygens (including phenoxy) is 1. The Balaban J connectivity index is 2.33. The summed E-state index contributed by atoms with van der Waals surface area (Å²) in [7, 11) is 0. The molecule has 134 valence electrons. The summed E-state index contributed by atoms with van der Waals surface area (Å²) >= 11 is 0. The Hall–Kier alpha value is -3.16. The van der Waals surface area contributed by atoms with Gasteiger partial charge in [0.15, 0.2) is 11.6 Å². The molecule has 3 rings (SSSR count). The standard InChI is InChI=1S/C18H11F4NO3/c1-2-26-18(25)11-7-23-16-9(17(11)24)3-4-12(20)14(16)10-5-8(19)6-13(21)15(10)22/h3-7H,2H2,1H3,(H,23,24). The molecule has 0 aliphatic carbocycles. The number of carbonyl (C=O) groups excluding carboxylic acids is 1. The van der Waals surface area contributed by atoms with Gasteiger partial charge in [0.1, 0.15) is 22.9 Å². The molecule has 3 aromatic rings. The van der Waals surface area contributed by atoms with Crippen LogP contribution in [-0.2, 0) is 4.74 Å². The molecule has 26 heavy (non-hydrogen) atoms. The Labute approximate surface area is 144 Å². The first kappa shape index (κ1) is 17.7. The lowest BCUT2D eigenvalue weighted by Gasteiger charge is -2.12. The molecule has 1 N–H and O–H groups in total. The van der Waals surface area contributed by atoms with Gasteiger partial charge in [-0.05, 0) is 25.1 Å². The first-order valence-electron chi connectivity index (χ1n) is 7.47. The quantitative estimate of drug-likeness (QED) is 0.426. The number of aromatic hydroxyl groups is 1. The molecule has 2 aromatic carbocycles. The zero-order valence-electron chi connectivity index (χ0n) is 13.3. The SMILES string of the molecule is CCOC(=O)c1cnc2c(-c3cc(F)cc(F)c3F)c(F)ccc2c1O. The Kier molecular flexibility index (Phi) is 4.50. The first-order chi connectivity index (χ1) is 12.3. The van der Waals surface area contributed by atoms with Crippen LogP contribution in [0.3, 0.4) is 0 Å². The average molecular weight is 365 g/mol. The Morgan fingerprint density at radius 2 is 1.88 bits per heavy atom. The summed E-state index contributed by atoms with van der Waals surface area (Å²) in [5.41, 5.74) is -1.77. The number of hydrogen-bond donors (Lipinski definition) is 1. The van der Waals surface area contributed by atoms with Crippen LogP contribution >= 0.6 is 0 Å². The van der Waals surface area contributed by atoms with Crippen molar-refractivity contribution in [3.63, 3.8) is 0 Å².